The van der Waals surface area contributed by atoms with E-state index in [0.717, 1.165) is 12.8 Å². The predicted molar refractivity (Wildman–Crippen MR) is 40.6 cm³/mol. The topological polar surface area (TPSA) is 20.2 Å². The third-order valence-corrected chi connectivity index (χ3v) is 2.98. The van der Waals surface area contributed by atoms with Crippen molar-refractivity contribution in [1.82, 2.24) is 0 Å². The van der Waals surface area contributed by atoms with Crippen LogP contribution in [0.25, 0.3) is 0 Å². The van der Waals surface area contributed by atoms with Crippen LogP contribution in [0.2, 0.25) is 0 Å². The van der Waals surface area contributed by atoms with Crippen LogP contribution in [0.5, 0.6) is 0 Å². The molecular formula is C9H14O. The molecule has 10 heavy (non-hydrogen) atoms. The summed E-state index contributed by atoms with van der Waals surface area (Å²) in [5.74, 6) is 1.12. The first-order valence-corrected chi connectivity index (χ1v) is 4.12. The standard InChI is InChI=1S/C9H14O/c1-6-4-7-2-3-8(5-6)9(7)10/h7-10H,1-5H2. The predicted octanol–water partition coefficient (Wildman–Crippen LogP) is 1.72. The molecule has 2 aliphatic carbocycles. The Morgan fingerprint density at radius 2 is 1.70 bits per heavy atom. The van der Waals surface area contributed by atoms with Gasteiger partial charge in [0.05, 0.1) is 6.10 Å². The van der Waals surface area contributed by atoms with Crippen LogP contribution in [0.15, 0.2) is 12.2 Å². The highest BCUT2D eigenvalue weighted by molar-refractivity contribution is 5.08. The van der Waals surface area contributed by atoms with Crippen LogP contribution in [0.4, 0.5) is 0 Å². The molecule has 1 nitrogen and oxygen atoms in total. The molecule has 0 aromatic heterocycles. The molecule has 0 aliphatic heterocycles. The highest BCUT2D eigenvalue weighted by Crippen LogP contribution is 2.43. The summed E-state index contributed by atoms with van der Waals surface area (Å²) >= 11 is 0. The normalized spacial score (nSPS) is 46.1. The summed E-state index contributed by atoms with van der Waals surface area (Å²) in [5, 5.41) is 9.59. The molecular weight excluding hydrogens is 124 g/mol. The molecule has 56 valence electrons. The number of hydrogen-bond donors (Lipinski definition) is 1. The molecule has 2 rings (SSSR count). The second-order valence-electron chi connectivity index (χ2n) is 3.75. The Morgan fingerprint density at radius 3 is 2.20 bits per heavy atom. The Labute approximate surface area is 61.8 Å². The quantitative estimate of drug-likeness (QED) is 0.505. The number of hydrogen-bond acceptors (Lipinski definition) is 1. The van der Waals surface area contributed by atoms with Crippen molar-refractivity contribution in [3.8, 4) is 0 Å². The fraction of sp³-hybridized carbons (Fsp3) is 0.778. The maximum Gasteiger partial charge on any atom is 0.0602 e. The summed E-state index contributed by atoms with van der Waals surface area (Å²) in [5.41, 5.74) is 1.36. The molecule has 2 atom stereocenters. The Bertz CT molecular complexity index is 146. The molecule has 2 aliphatic rings. The van der Waals surface area contributed by atoms with Crippen LogP contribution >= 0.6 is 0 Å². The summed E-state index contributed by atoms with van der Waals surface area (Å²) in [6, 6.07) is 0. The van der Waals surface area contributed by atoms with Gasteiger partial charge in [-0.3, -0.25) is 0 Å². The van der Waals surface area contributed by atoms with Crippen LogP contribution in [0.3, 0.4) is 0 Å². The zero-order chi connectivity index (χ0) is 7.14. The third kappa shape index (κ3) is 0.807. The molecule has 1 heteroatoms. The molecule has 2 saturated carbocycles. The molecule has 1 N–H and O–H groups in total. The van der Waals surface area contributed by atoms with Crippen LogP contribution in [0, 0.1) is 11.8 Å². The average molecular weight is 138 g/mol. The Balaban J connectivity index is 2.16. The van der Waals surface area contributed by atoms with Gasteiger partial charge in [-0.15, -0.1) is 0 Å². The van der Waals surface area contributed by atoms with Gasteiger partial charge in [-0.2, -0.15) is 0 Å². The summed E-state index contributed by atoms with van der Waals surface area (Å²) in [6.07, 6.45) is 4.62. The molecule has 0 aromatic carbocycles. The van der Waals surface area contributed by atoms with E-state index in [9.17, 15) is 5.11 Å². The highest BCUT2D eigenvalue weighted by Gasteiger charge is 2.38. The van der Waals surface area contributed by atoms with Crippen molar-refractivity contribution in [3.63, 3.8) is 0 Å². The van der Waals surface area contributed by atoms with E-state index in [4.69, 9.17) is 0 Å². The Hall–Kier alpha value is -0.300. The molecule has 2 fully saturated rings. The summed E-state index contributed by atoms with van der Waals surface area (Å²) in [7, 11) is 0. The number of allylic oxidation sites excluding steroid dienone is 1. The smallest absolute Gasteiger partial charge is 0.0602 e. The van der Waals surface area contributed by atoms with Gasteiger partial charge in [0.25, 0.3) is 0 Å². The van der Waals surface area contributed by atoms with Crippen molar-refractivity contribution in [1.29, 1.82) is 0 Å². The van der Waals surface area contributed by atoms with Crippen molar-refractivity contribution in [3.05, 3.63) is 12.2 Å². The SMILES string of the molecule is C=C1CC2CCC(C1)C2O. The monoisotopic (exact) mass is 138 g/mol. The van der Waals surface area contributed by atoms with E-state index in [0.29, 0.717) is 11.8 Å². The lowest BCUT2D eigenvalue weighted by molar-refractivity contribution is 0.0764. The second-order valence-corrected chi connectivity index (χ2v) is 3.75. The third-order valence-electron chi connectivity index (χ3n) is 2.98. The molecule has 0 saturated heterocycles. The van der Waals surface area contributed by atoms with Gasteiger partial charge in [0.15, 0.2) is 0 Å². The van der Waals surface area contributed by atoms with Crippen molar-refractivity contribution in [2.24, 2.45) is 11.8 Å². The van der Waals surface area contributed by atoms with Gasteiger partial charge in [0, 0.05) is 0 Å². The lowest BCUT2D eigenvalue weighted by atomic mass is 9.84. The first-order valence-electron chi connectivity index (χ1n) is 4.12. The van der Waals surface area contributed by atoms with Crippen molar-refractivity contribution in [2.75, 3.05) is 0 Å². The Kier molecular flexibility index (Phi) is 1.34. The van der Waals surface area contributed by atoms with Gasteiger partial charge >= 0.3 is 0 Å². The highest BCUT2D eigenvalue weighted by atomic mass is 16.3. The minimum atomic E-state index is 0.00509. The zero-order valence-corrected chi connectivity index (χ0v) is 6.21. The van der Waals surface area contributed by atoms with E-state index in [-0.39, 0.29) is 6.10 Å². The van der Waals surface area contributed by atoms with Gasteiger partial charge in [0.2, 0.25) is 0 Å². The van der Waals surface area contributed by atoms with Crippen molar-refractivity contribution < 1.29 is 5.11 Å². The number of rotatable bonds is 0. The minimum absolute atomic E-state index is 0.00509. The van der Waals surface area contributed by atoms with Crippen molar-refractivity contribution >= 4 is 0 Å². The van der Waals surface area contributed by atoms with Gasteiger partial charge < -0.3 is 5.11 Å². The number of fused-ring (bicyclic) bond motifs is 2. The molecule has 0 aromatic rings. The lowest BCUT2D eigenvalue weighted by Gasteiger charge is -2.26. The summed E-state index contributed by atoms with van der Waals surface area (Å²) in [4.78, 5) is 0. The molecule has 0 amide bonds. The molecule has 2 unspecified atom stereocenters. The van der Waals surface area contributed by atoms with Crippen LogP contribution in [0.1, 0.15) is 25.7 Å². The van der Waals surface area contributed by atoms with E-state index in [2.05, 4.69) is 6.58 Å². The number of aliphatic hydroxyl groups is 1. The largest absolute Gasteiger partial charge is 0.393 e. The van der Waals surface area contributed by atoms with Crippen molar-refractivity contribution in [2.45, 2.75) is 31.8 Å². The Morgan fingerprint density at radius 1 is 1.20 bits per heavy atom. The minimum Gasteiger partial charge on any atom is -0.393 e. The average Bonchev–Trinajstić information content (AvgIpc) is 2.20. The van der Waals surface area contributed by atoms with Crippen LogP contribution < -0.4 is 0 Å². The van der Waals surface area contributed by atoms with Gasteiger partial charge in [0.1, 0.15) is 0 Å². The van der Waals surface area contributed by atoms with Crippen LogP contribution in [-0.2, 0) is 0 Å². The molecule has 2 bridgehead atoms. The van der Waals surface area contributed by atoms with Gasteiger partial charge in [-0.25, -0.2) is 0 Å². The van der Waals surface area contributed by atoms with E-state index < -0.39 is 0 Å². The van der Waals surface area contributed by atoms with E-state index in [1.165, 1.54) is 18.4 Å². The van der Waals surface area contributed by atoms with E-state index >= 15 is 0 Å². The first-order chi connectivity index (χ1) is 4.77. The number of aliphatic hydroxyl groups excluding tert-OH is 1. The lowest BCUT2D eigenvalue weighted by Crippen LogP contribution is -2.26. The fourth-order valence-corrected chi connectivity index (χ4v) is 2.43. The first kappa shape index (κ1) is 6.41. The van der Waals surface area contributed by atoms with E-state index in [1.807, 2.05) is 0 Å². The van der Waals surface area contributed by atoms with Crippen LogP contribution in [-0.4, -0.2) is 11.2 Å². The van der Waals surface area contributed by atoms with E-state index in [1.54, 1.807) is 0 Å². The summed E-state index contributed by atoms with van der Waals surface area (Å²) < 4.78 is 0. The maximum absolute atomic E-state index is 9.59. The van der Waals surface area contributed by atoms with Gasteiger partial charge in [-0.1, -0.05) is 12.2 Å². The molecule has 0 spiro atoms. The molecule has 0 radical (unpaired) electrons. The zero-order valence-electron chi connectivity index (χ0n) is 6.21. The second kappa shape index (κ2) is 2.09. The van der Waals surface area contributed by atoms with Gasteiger partial charge in [-0.05, 0) is 37.5 Å². The maximum atomic E-state index is 9.59. The molecule has 0 heterocycles. The summed E-state index contributed by atoms with van der Waals surface area (Å²) in [6.45, 7) is 3.98. The fourth-order valence-electron chi connectivity index (χ4n) is 2.43.